The van der Waals surface area contributed by atoms with Crippen LogP contribution < -0.4 is 4.90 Å². The van der Waals surface area contributed by atoms with Gasteiger partial charge in [0.2, 0.25) is 0 Å². The lowest BCUT2D eigenvalue weighted by Gasteiger charge is -2.36. The first-order valence-corrected chi connectivity index (χ1v) is 21.5. The molecule has 298 valence electrons. The Kier molecular flexibility index (Phi) is 8.44. The van der Waals surface area contributed by atoms with Crippen molar-refractivity contribution in [1.82, 2.24) is 19.5 Å². The molecule has 0 atom stereocenters. The molecule has 5 heteroatoms. The highest BCUT2D eigenvalue weighted by Crippen LogP contribution is 2.52. The van der Waals surface area contributed by atoms with Crippen LogP contribution in [0.15, 0.2) is 212 Å². The molecule has 11 aromatic rings. The van der Waals surface area contributed by atoms with Gasteiger partial charge in [0.1, 0.15) is 0 Å². The zero-order valence-electron chi connectivity index (χ0n) is 34.9. The van der Waals surface area contributed by atoms with Crippen molar-refractivity contribution < 1.29 is 0 Å². The first-order chi connectivity index (χ1) is 31.0. The fraction of sp³-hybridized carbons (Fsp3) is 0.0517. The van der Waals surface area contributed by atoms with E-state index < -0.39 is 5.41 Å². The standard InChI is InChI=1S/C58H41N5/c1-58(2)49-35-43(57-60-55(40-21-9-4-10-22-40)59-56(61-57)42-24-17-23-41(34-42)38-18-7-3-8-19-38)31-32-51(49)63-52-33-30-39-20-15-16-29-47(39)53(52)48-36-46(37-50(58)54(48)63)62(44-25-11-5-12-26-44)45-27-13-6-14-28-45/h3-37H,1-2H3. The Hall–Kier alpha value is -8.15. The van der Waals surface area contributed by atoms with Crippen LogP contribution in [0.5, 0.6) is 0 Å². The maximum Gasteiger partial charge on any atom is 0.164 e. The van der Waals surface area contributed by atoms with Gasteiger partial charge in [0.15, 0.2) is 17.5 Å². The number of para-hydroxylation sites is 2. The Morgan fingerprint density at radius 1 is 0.397 bits per heavy atom. The second kappa shape index (κ2) is 14.5. The quantitative estimate of drug-likeness (QED) is 0.161. The molecule has 0 radical (unpaired) electrons. The lowest BCUT2D eigenvalue weighted by atomic mass is 9.74. The van der Waals surface area contributed by atoms with E-state index in [2.05, 4.69) is 211 Å². The number of nitrogens with zero attached hydrogens (tertiary/aromatic N) is 5. The molecule has 2 aromatic heterocycles. The lowest BCUT2D eigenvalue weighted by Crippen LogP contribution is -2.27. The molecular weight excluding hydrogens is 767 g/mol. The highest BCUT2D eigenvalue weighted by Gasteiger charge is 2.37. The van der Waals surface area contributed by atoms with Gasteiger partial charge in [0.05, 0.1) is 16.7 Å². The van der Waals surface area contributed by atoms with Gasteiger partial charge < -0.3 is 9.47 Å². The van der Waals surface area contributed by atoms with Gasteiger partial charge in [-0.15, -0.1) is 0 Å². The van der Waals surface area contributed by atoms with Crippen LogP contribution in [0.3, 0.4) is 0 Å². The number of aromatic nitrogens is 4. The van der Waals surface area contributed by atoms with Crippen LogP contribution in [0.4, 0.5) is 17.1 Å². The van der Waals surface area contributed by atoms with Crippen molar-refractivity contribution in [2.75, 3.05) is 4.90 Å². The van der Waals surface area contributed by atoms with Crippen molar-refractivity contribution in [3.63, 3.8) is 0 Å². The van der Waals surface area contributed by atoms with Gasteiger partial charge in [-0.25, -0.2) is 15.0 Å². The van der Waals surface area contributed by atoms with Gasteiger partial charge in [-0.1, -0.05) is 159 Å². The van der Waals surface area contributed by atoms with E-state index >= 15 is 0 Å². The molecule has 0 saturated carbocycles. The first-order valence-electron chi connectivity index (χ1n) is 21.5. The van der Waals surface area contributed by atoms with Crippen LogP contribution >= 0.6 is 0 Å². The molecule has 9 aromatic carbocycles. The molecule has 1 aliphatic heterocycles. The lowest BCUT2D eigenvalue weighted by molar-refractivity contribution is 0.630. The van der Waals surface area contributed by atoms with Crippen molar-refractivity contribution in [2.45, 2.75) is 19.3 Å². The highest BCUT2D eigenvalue weighted by atomic mass is 15.1. The Balaban J connectivity index is 1.10. The number of hydrogen-bond acceptors (Lipinski definition) is 4. The van der Waals surface area contributed by atoms with E-state index in [1.54, 1.807) is 0 Å². The third-order valence-electron chi connectivity index (χ3n) is 12.8. The normalized spacial score (nSPS) is 12.7. The maximum absolute atomic E-state index is 5.26. The van der Waals surface area contributed by atoms with E-state index in [1.165, 1.54) is 43.7 Å². The zero-order chi connectivity index (χ0) is 42.1. The average Bonchev–Trinajstić information content (AvgIpc) is 3.69. The summed E-state index contributed by atoms with van der Waals surface area (Å²) < 4.78 is 2.50. The Labute approximate surface area is 366 Å². The van der Waals surface area contributed by atoms with Gasteiger partial charge in [0, 0.05) is 49.9 Å². The number of benzene rings is 9. The molecule has 5 nitrogen and oxygen atoms in total. The SMILES string of the molecule is CC1(C)c2cc(-c3nc(-c4ccccc4)nc(-c4cccc(-c5ccccc5)c4)n3)ccc2-n2c3ccc4ccccc4c3c3cc(N(c4ccccc4)c4ccccc4)cc1c32. The molecule has 0 spiro atoms. The van der Waals surface area contributed by atoms with Crippen LogP contribution in [0.2, 0.25) is 0 Å². The number of rotatable bonds is 7. The van der Waals surface area contributed by atoms with Crippen LogP contribution in [-0.2, 0) is 5.41 Å². The molecule has 12 rings (SSSR count). The zero-order valence-corrected chi connectivity index (χ0v) is 34.9. The number of fused-ring (bicyclic) bond motifs is 7. The summed E-state index contributed by atoms with van der Waals surface area (Å²) >= 11 is 0. The van der Waals surface area contributed by atoms with Crippen molar-refractivity contribution in [3.05, 3.63) is 223 Å². The van der Waals surface area contributed by atoms with Gasteiger partial charge in [-0.05, 0) is 99.8 Å². The van der Waals surface area contributed by atoms with Crippen LogP contribution in [0.25, 0.3) is 83.6 Å². The second-order valence-corrected chi connectivity index (χ2v) is 16.9. The summed E-state index contributed by atoms with van der Waals surface area (Å²) in [6.07, 6.45) is 0. The van der Waals surface area contributed by atoms with Gasteiger partial charge in [0.25, 0.3) is 0 Å². The number of anilines is 3. The Morgan fingerprint density at radius 2 is 0.952 bits per heavy atom. The van der Waals surface area contributed by atoms with Crippen LogP contribution in [0.1, 0.15) is 25.0 Å². The van der Waals surface area contributed by atoms with E-state index in [4.69, 9.17) is 15.0 Å². The van der Waals surface area contributed by atoms with Crippen LogP contribution in [0, 0.1) is 0 Å². The van der Waals surface area contributed by atoms with Crippen molar-refractivity contribution in [3.8, 4) is 51.0 Å². The summed E-state index contributed by atoms with van der Waals surface area (Å²) in [7, 11) is 0. The first kappa shape index (κ1) is 36.7. The Bertz CT molecular complexity index is 3480. The minimum Gasteiger partial charge on any atom is -0.310 e. The summed E-state index contributed by atoms with van der Waals surface area (Å²) in [6.45, 7) is 4.73. The maximum atomic E-state index is 5.26. The third-order valence-corrected chi connectivity index (χ3v) is 12.8. The predicted octanol–water partition coefficient (Wildman–Crippen LogP) is 14.9. The summed E-state index contributed by atoms with van der Waals surface area (Å²) in [5.74, 6) is 1.91. The van der Waals surface area contributed by atoms with Crippen molar-refractivity contribution in [1.29, 1.82) is 0 Å². The molecule has 0 N–H and O–H groups in total. The molecule has 0 saturated heterocycles. The summed E-state index contributed by atoms with van der Waals surface area (Å²) in [5.41, 5.74) is 14.0. The van der Waals surface area contributed by atoms with E-state index in [0.717, 1.165) is 50.6 Å². The summed E-state index contributed by atoms with van der Waals surface area (Å²) in [4.78, 5) is 17.9. The second-order valence-electron chi connectivity index (χ2n) is 16.9. The molecule has 0 amide bonds. The minimum absolute atomic E-state index is 0.416. The molecule has 1 aliphatic rings. The fourth-order valence-corrected chi connectivity index (χ4v) is 9.69. The smallest absolute Gasteiger partial charge is 0.164 e. The molecule has 0 aliphatic carbocycles. The summed E-state index contributed by atoms with van der Waals surface area (Å²) in [5, 5.41) is 4.96. The molecule has 3 heterocycles. The van der Waals surface area contributed by atoms with Gasteiger partial charge in [-0.3, -0.25) is 0 Å². The molecule has 0 bridgehead atoms. The van der Waals surface area contributed by atoms with E-state index in [1.807, 2.05) is 24.3 Å². The Morgan fingerprint density at radius 3 is 1.63 bits per heavy atom. The molecule has 63 heavy (non-hydrogen) atoms. The monoisotopic (exact) mass is 807 g/mol. The highest BCUT2D eigenvalue weighted by molar-refractivity contribution is 6.23. The van der Waals surface area contributed by atoms with Gasteiger partial charge in [-0.2, -0.15) is 0 Å². The fourth-order valence-electron chi connectivity index (χ4n) is 9.69. The molecule has 0 fully saturated rings. The van der Waals surface area contributed by atoms with Gasteiger partial charge >= 0.3 is 0 Å². The number of hydrogen-bond donors (Lipinski definition) is 0. The minimum atomic E-state index is -0.416. The van der Waals surface area contributed by atoms with E-state index in [0.29, 0.717) is 17.5 Å². The van der Waals surface area contributed by atoms with Crippen molar-refractivity contribution >= 4 is 49.6 Å². The average molecular weight is 808 g/mol. The summed E-state index contributed by atoms with van der Waals surface area (Å²) in [6, 6.07) is 75.5. The van der Waals surface area contributed by atoms with E-state index in [9.17, 15) is 0 Å². The predicted molar refractivity (Wildman–Crippen MR) is 260 cm³/mol. The van der Waals surface area contributed by atoms with Crippen LogP contribution in [-0.4, -0.2) is 19.5 Å². The topological polar surface area (TPSA) is 46.8 Å². The van der Waals surface area contributed by atoms with Crippen molar-refractivity contribution in [2.24, 2.45) is 0 Å². The molecule has 0 unspecified atom stereocenters. The molecular formula is C58H41N5. The van der Waals surface area contributed by atoms with E-state index in [-0.39, 0.29) is 0 Å². The largest absolute Gasteiger partial charge is 0.310 e. The third kappa shape index (κ3) is 6.04.